The molecule has 3 atom stereocenters. The van der Waals surface area contributed by atoms with Gasteiger partial charge in [-0.2, -0.15) is 0 Å². The number of methoxy groups -OCH3 is 1. The van der Waals surface area contributed by atoms with Crippen LogP contribution in [0.1, 0.15) is 82.2 Å². The molecule has 3 heterocycles. The van der Waals surface area contributed by atoms with Gasteiger partial charge in [0.05, 0.1) is 33.8 Å². The number of aromatic amines is 1. The van der Waals surface area contributed by atoms with E-state index in [9.17, 15) is 23.4 Å². The van der Waals surface area contributed by atoms with Crippen LogP contribution in [0.2, 0.25) is 0 Å². The smallest absolute Gasteiger partial charge is 0.252 e. The maximum absolute atomic E-state index is 12.5. The van der Waals surface area contributed by atoms with Crippen molar-refractivity contribution in [1.82, 2.24) is 24.9 Å². The molecule has 3 amide bonds. The molecule has 1 aromatic carbocycles. The van der Waals surface area contributed by atoms with Gasteiger partial charge in [0.15, 0.2) is 5.43 Å². The van der Waals surface area contributed by atoms with Crippen molar-refractivity contribution in [3.63, 3.8) is 0 Å². The molecule has 1 aliphatic heterocycles. The van der Waals surface area contributed by atoms with E-state index in [1.54, 1.807) is 42.4 Å². The number of benzene rings is 1. The summed E-state index contributed by atoms with van der Waals surface area (Å²) < 4.78 is 24.0. The molecule has 0 radical (unpaired) electrons. The molecule has 0 spiro atoms. The number of ether oxygens (including phenoxy) is 2. The number of unbranched alkanes of at least 4 members (excludes halogenated alkanes) is 2. The highest BCUT2D eigenvalue weighted by molar-refractivity contribution is 7.85. The summed E-state index contributed by atoms with van der Waals surface area (Å²) in [6.07, 6.45) is 10.5. The van der Waals surface area contributed by atoms with E-state index in [1.807, 2.05) is 38.3 Å². The van der Waals surface area contributed by atoms with Gasteiger partial charge in [-0.05, 0) is 97.6 Å². The average Bonchev–Trinajstić information content (AvgIpc) is 3.98. The van der Waals surface area contributed by atoms with Gasteiger partial charge in [-0.3, -0.25) is 23.9 Å². The van der Waals surface area contributed by atoms with Crippen LogP contribution in [0.5, 0.6) is 5.75 Å². The predicted octanol–water partition coefficient (Wildman–Crippen LogP) is 5.24. The summed E-state index contributed by atoms with van der Waals surface area (Å²) in [6, 6.07) is 5.24. The molecule has 14 heteroatoms. The fourth-order valence-corrected chi connectivity index (χ4v) is 7.07. The van der Waals surface area contributed by atoms with Crippen LogP contribution in [0.3, 0.4) is 0 Å². The lowest BCUT2D eigenvalue weighted by molar-refractivity contribution is -0.147. The highest BCUT2D eigenvalue weighted by atomic mass is 32.2. The molecule has 3 fully saturated rings. The second-order valence-corrected chi connectivity index (χ2v) is 16.2. The van der Waals surface area contributed by atoms with E-state index in [0.717, 1.165) is 91.0 Å². The van der Waals surface area contributed by atoms with Crippen molar-refractivity contribution in [2.45, 2.75) is 108 Å². The van der Waals surface area contributed by atoms with E-state index in [2.05, 4.69) is 26.6 Å². The lowest BCUT2D eigenvalue weighted by atomic mass is 10.1. The van der Waals surface area contributed by atoms with Gasteiger partial charge in [0.25, 0.3) is 5.91 Å². The van der Waals surface area contributed by atoms with E-state index in [-0.39, 0.29) is 28.0 Å². The molecule has 2 aromatic heterocycles. The van der Waals surface area contributed by atoms with Crippen molar-refractivity contribution in [1.29, 1.82) is 0 Å². The Bertz CT molecular complexity index is 1770. The number of nitrogens with one attached hydrogen (secondary N) is 3. The van der Waals surface area contributed by atoms with Gasteiger partial charge in [0.1, 0.15) is 28.9 Å². The van der Waals surface area contributed by atoms with Crippen LogP contribution >= 0.6 is 11.3 Å². The first kappa shape index (κ1) is 39.9. The fraction of sp³-hybridized carbons (Fsp3) is 0.541. The number of nitrogens with zero attached hydrogens (tertiary/aromatic N) is 2. The molecular weight excluding hydrogens is 691 g/mol. The highest BCUT2D eigenvalue weighted by Gasteiger charge is 2.44. The third-order valence-corrected chi connectivity index (χ3v) is 11.6. The number of hydrogen-bond acceptors (Lipinski definition) is 9. The molecule has 2 saturated carbocycles. The molecule has 51 heavy (non-hydrogen) atoms. The minimum atomic E-state index is -1.14. The van der Waals surface area contributed by atoms with Gasteiger partial charge in [-0.15, -0.1) is 17.9 Å². The fourth-order valence-electron chi connectivity index (χ4n) is 5.62. The number of likely N-dealkylation sites (tertiary alicyclic amines) is 1. The van der Waals surface area contributed by atoms with Gasteiger partial charge in [0, 0.05) is 41.6 Å². The zero-order chi connectivity index (χ0) is 37.1. The first-order chi connectivity index (χ1) is 24.4. The van der Waals surface area contributed by atoms with Gasteiger partial charge in [-0.25, -0.2) is 9.19 Å². The molecule has 3 aromatic rings. The van der Waals surface area contributed by atoms with Crippen molar-refractivity contribution in [3.05, 3.63) is 57.0 Å². The molecular formula is C37H51N5O7S2. The summed E-state index contributed by atoms with van der Waals surface area (Å²) in [7, 11) is 0.481. The monoisotopic (exact) mass is 741 g/mol. The van der Waals surface area contributed by atoms with Crippen molar-refractivity contribution < 1.29 is 28.1 Å². The topological polar surface area (TPSA) is 160 Å². The summed E-state index contributed by atoms with van der Waals surface area (Å²) in [4.78, 5) is 56.2. The first-order valence-electron chi connectivity index (χ1n) is 17.5. The largest absolute Gasteiger partial charge is 0.496 e. The number of hydrogen-bond donors (Lipinski definition) is 3. The van der Waals surface area contributed by atoms with E-state index >= 15 is 0 Å². The maximum Gasteiger partial charge on any atom is 0.252 e. The molecule has 0 bridgehead atoms. The Labute approximate surface area is 306 Å². The summed E-state index contributed by atoms with van der Waals surface area (Å²) in [6.45, 7) is 12.5. The number of fused-ring (bicyclic) bond motifs is 1. The third-order valence-electron chi connectivity index (χ3n) is 9.17. The molecule has 3 N–H and O–H groups in total. The lowest BCUT2D eigenvalue weighted by Crippen LogP contribution is -2.49. The van der Waals surface area contributed by atoms with Crippen LogP contribution in [0, 0.1) is 13.8 Å². The van der Waals surface area contributed by atoms with E-state index in [0.29, 0.717) is 31.0 Å². The number of carbonyl (C=O) groups excluding carboxylic acids is 3. The molecule has 2 aliphatic carbocycles. The number of aromatic nitrogens is 2. The zero-order valence-electron chi connectivity index (χ0n) is 30.3. The number of pyridine rings is 1. The van der Waals surface area contributed by atoms with Gasteiger partial charge < -0.3 is 24.7 Å². The number of aryl methyl sites for hydroxylation is 2. The molecule has 2 unspecified atom stereocenters. The molecule has 3 aliphatic rings. The first-order valence-corrected chi connectivity index (χ1v) is 19.5. The minimum absolute atomic E-state index is 0.00605. The van der Waals surface area contributed by atoms with Crippen molar-refractivity contribution in [2.75, 3.05) is 20.3 Å². The summed E-state index contributed by atoms with van der Waals surface area (Å²) >= 11 is 1.56. The standard InChI is InChI=1S/C17H28N2O3.C15H14N2O2S.C5H9NO2S/c1-3-4-5-6-12-22-13(2)17(21)19-11-7-8-15(19)16(20)18-14-9-10-14;1-8-14(19-3)5-4-10-13(18)6-11(17-15(8)10)12-7-20-9(2)16-12;1-5(2-3-5)9(8)6-4-7/h3,13-15H,1,4-12H2,2H3,(H,18,20);4-7H,1-3H3,(H,17,18);4H,2-3H2,1H3,(H,6,7)/t13-,15?;;/m1../s1. The normalized spacial score (nSPS) is 18.3. The predicted molar refractivity (Wildman–Crippen MR) is 202 cm³/mol. The Kier molecular flexibility index (Phi) is 14.5. The number of carbonyl (C=O) groups is 3. The van der Waals surface area contributed by atoms with Crippen LogP contribution in [0.15, 0.2) is 41.0 Å². The number of rotatable bonds is 14. The van der Waals surface area contributed by atoms with E-state index in [1.165, 1.54) is 0 Å². The Morgan fingerprint density at radius 3 is 2.59 bits per heavy atom. The maximum atomic E-state index is 12.5. The molecule has 12 nitrogen and oxygen atoms in total. The lowest BCUT2D eigenvalue weighted by Gasteiger charge is -2.26. The second-order valence-electron chi connectivity index (χ2n) is 13.3. The number of H-pyrrole nitrogens is 1. The summed E-state index contributed by atoms with van der Waals surface area (Å²) in [5.74, 6) is 0.712. The SMILES string of the molecule is C=CCCCCO[C@H](C)C(=O)N1CCCC1C(=O)NC1CC1.CC1(S(=O)NC=O)CC1.COc1ccc2c(=O)cc(-c3csc(C)n3)[nH]c2c1C. The number of allylic oxidation sites excluding steroid dienone is 1. The average molecular weight is 742 g/mol. The minimum Gasteiger partial charge on any atom is -0.496 e. The van der Waals surface area contributed by atoms with Crippen LogP contribution in [-0.2, 0) is 30.1 Å². The summed E-state index contributed by atoms with van der Waals surface area (Å²) in [5.41, 5.74) is 3.26. The number of amides is 3. The molecule has 6 rings (SSSR count). The Morgan fingerprint density at radius 1 is 1.24 bits per heavy atom. The highest BCUT2D eigenvalue weighted by Crippen LogP contribution is 2.39. The van der Waals surface area contributed by atoms with Gasteiger partial charge in [0.2, 0.25) is 12.3 Å². The zero-order valence-corrected chi connectivity index (χ0v) is 31.9. The van der Waals surface area contributed by atoms with Crippen LogP contribution in [-0.4, -0.2) is 80.5 Å². The molecule has 1 saturated heterocycles. The Balaban J connectivity index is 0.000000185. The van der Waals surface area contributed by atoms with Gasteiger partial charge in [-0.1, -0.05) is 6.08 Å². The van der Waals surface area contributed by atoms with Gasteiger partial charge >= 0.3 is 0 Å². The quantitative estimate of drug-likeness (QED) is 0.115. The Morgan fingerprint density at radius 2 is 1.98 bits per heavy atom. The van der Waals surface area contributed by atoms with E-state index in [4.69, 9.17) is 9.47 Å². The van der Waals surface area contributed by atoms with Crippen LogP contribution < -0.4 is 20.2 Å². The van der Waals surface area contributed by atoms with E-state index < -0.39 is 17.1 Å². The Hall–Kier alpha value is -3.88. The van der Waals surface area contributed by atoms with Crippen molar-refractivity contribution in [2.24, 2.45) is 0 Å². The number of thiazole rings is 1. The summed E-state index contributed by atoms with van der Waals surface area (Å²) in [5, 5.41) is 6.59. The van der Waals surface area contributed by atoms with Crippen LogP contribution in [0.25, 0.3) is 22.3 Å². The molecule has 278 valence electrons. The van der Waals surface area contributed by atoms with Crippen molar-refractivity contribution >= 4 is 51.4 Å². The third kappa shape index (κ3) is 11.1. The second kappa shape index (κ2) is 18.6. The van der Waals surface area contributed by atoms with Crippen LogP contribution in [0.4, 0.5) is 0 Å². The van der Waals surface area contributed by atoms with Crippen molar-refractivity contribution in [3.8, 4) is 17.1 Å².